The number of cyclic esters (lactones) is 1. The summed E-state index contributed by atoms with van der Waals surface area (Å²) in [7, 11) is 0. The lowest BCUT2D eigenvalue weighted by molar-refractivity contribution is -0.139. The van der Waals surface area contributed by atoms with E-state index in [1.54, 1.807) is 4.90 Å². The summed E-state index contributed by atoms with van der Waals surface area (Å²) in [5.41, 5.74) is 0. The molecule has 3 saturated heterocycles. The van der Waals surface area contributed by atoms with E-state index >= 15 is 0 Å². The largest absolute Gasteiger partial charge is 0.480 e. The normalized spacial score (nSPS) is 26.4. The molecule has 1 aromatic rings. The minimum Gasteiger partial charge on any atom is -0.480 e. The lowest BCUT2D eigenvalue weighted by atomic mass is 10.2. The summed E-state index contributed by atoms with van der Waals surface area (Å²) in [5, 5.41) is 12.7. The second kappa shape index (κ2) is 9.24. The van der Waals surface area contributed by atoms with E-state index in [4.69, 9.17) is 9.84 Å². The first-order valence-corrected chi connectivity index (χ1v) is 10.6. The van der Waals surface area contributed by atoms with Crippen LogP contribution >= 0.6 is 0 Å². The molecule has 1 aromatic heterocycles. The minimum atomic E-state index is -0.824. The number of carboxylic acids is 1. The van der Waals surface area contributed by atoms with E-state index in [2.05, 4.69) is 24.5 Å². The maximum absolute atomic E-state index is 12.5. The molecule has 0 bridgehead atoms. The number of aromatic nitrogens is 2. The number of anilines is 1. The van der Waals surface area contributed by atoms with Gasteiger partial charge in [-0.25, -0.2) is 9.59 Å². The molecule has 0 saturated carbocycles. The number of carbonyl (C=O) groups excluding carboxylic acids is 1. The standard InChI is InChI=1S/C18H29N7O6/c1-13-15(23-7-4-22(5-8-23)12-14(26)27)30-18(29)25(13)11-6-21-2-9-24(10-3-21)16-19-17(28)31-20-16/h13,15H,2-12H2,1H3,(H,26,27)(H,19,20,28). The van der Waals surface area contributed by atoms with Gasteiger partial charge in [-0.15, -0.1) is 0 Å². The van der Waals surface area contributed by atoms with Gasteiger partial charge in [0.25, 0.3) is 0 Å². The Morgan fingerprint density at radius 2 is 1.74 bits per heavy atom. The molecule has 2 unspecified atom stereocenters. The zero-order valence-electron chi connectivity index (χ0n) is 17.6. The van der Waals surface area contributed by atoms with Crippen LogP contribution in [0.3, 0.4) is 0 Å². The Morgan fingerprint density at radius 3 is 2.35 bits per heavy atom. The van der Waals surface area contributed by atoms with Crippen LogP contribution in [0.2, 0.25) is 0 Å². The number of nitrogens with one attached hydrogen (secondary N) is 1. The number of hydrogen-bond acceptors (Lipinski definition) is 10. The van der Waals surface area contributed by atoms with Crippen molar-refractivity contribution in [3.8, 4) is 0 Å². The van der Waals surface area contributed by atoms with E-state index in [0.717, 1.165) is 19.6 Å². The first-order valence-electron chi connectivity index (χ1n) is 10.6. The lowest BCUT2D eigenvalue weighted by Crippen LogP contribution is -2.54. The predicted octanol–water partition coefficient (Wildman–Crippen LogP) is -1.65. The molecule has 1 amide bonds. The Kier molecular flexibility index (Phi) is 6.43. The average Bonchev–Trinajstić information content (AvgIpc) is 3.30. The van der Waals surface area contributed by atoms with Crippen molar-refractivity contribution in [3.63, 3.8) is 0 Å². The molecular formula is C18H29N7O6. The number of ether oxygens (including phenoxy) is 1. The molecule has 3 fully saturated rings. The number of rotatable bonds is 7. The molecule has 2 N–H and O–H groups in total. The maximum atomic E-state index is 12.5. The smallest absolute Gasteiger partial charge is 0.440 e. The third-order valence-electron chi connectivity index (χ3n) is 6.24. The van der Waals surface area contributed by atoms with Crippen LogP contribution in [-0.4, -0.2) is 131 Å². The summed E-state index contributed by atoms with van der Waals surface area (Å²) in [6, 6.07) is -0.0694. The van der Waals surface area contributed by atoms with Crippen molar-refractivity contribution in [1.82, 2.24) is 29.7 Å². The molecule has 0 spiro atoms. The maximum Gasteiger partial charge on any atom is 0.440 e. The molecule has 0 radical (unpaired) electrons. The van der Waals surface area contributed by atoms with Gasteiger partial charge in [-0.1, -0.05) is 0 Å². The van der Waals surface area contributed by atoms with E-state index in [1.165, 1.54) is 0 Å². The molecule has 172 valence electrons. The van der Waals surface area contributed by atoms with Gasteiger partial charge in [0.1, 0.15) is 0 Å². The van der Waals surface area contributed by atoms with Crippen LogP contribution in [0.1, 0.15) is 6.92 Å². The zero-order chi connectivity index (χ0) is 22.0. The van der Waals surface area contributed by atoms with Crippen LogP contribution in [0.5, 0.6) is 0 Å². The van der Waals surface area contributed by atoms with Crippen molar-refractivity contribution in [2.75, 3.05) is 76.9 Å². The predicted molar refractivity (Wildman–Crippen MR) is 108 cm³/mol. The number of hydrogen-bond donors (Lipinski definition) is 2. The van der Waals surface area contributed by atoms with Crippen LogP contribution in [0.4, 0.5) is 10.7 Å². The number of carboxylic acid groups (broad SMARTS) is 1. The van der Waals surface area contributed by atoms with Gasteiger partial charge in [0.05, 0.1) is 12.6 Å². The number of amides is 1. The number of aliphatic carboxylic acids is 1. The third kappa shape index (κ3) is 4.99. The minimum absolute atomic E-state index is 0.0416. The first-order chi connectivity index (χ1) is 14.9. The summed E-state index contributed by atoms with van der Waals surface area (Å²) in [5.74, 6) is -0.931. The molecule has 13 heteroatoms. The Morgan fingerprint density at radius 1 is 1.06 bits per heavy atom. The summed E-state index contributed by atoms with van der Waals surface area (Å²) >= 11 is 0. The van der Waals surface area contributed by atoms with Gasteiger partial charge < -0.3 is 14.7 Å². The molecule has 2 atom stereocenters. The van der Waals surface area contributed by atoms with E-state index in [1.807, 2.05) is 16.7 Å². The fourth-order valence-corrected chi connectivity index (χ4v) is 4.42. The van der Waals surface area contributed by atoms with E-state index in [9.17, 15) is 14.4 Å². The fraction of sp³-hybridized carbons (Fsp3) is 0.778. The molecule has 4 rings (SSSR count). The summed E-state index contributed by atoms with van der Waals surface area (Å²) in [4.78, 5) is 47.0. The van der Waals surface area contributed by atoms with Crippen LogP contribution in [0.25, 0.3) is 0 Å². The van der Waals surface area contributed by atoms with Crippen molar-refractivity contribution in [2.45, 2.75) is 19.2 Å². The van der Waals surface area contributed by atoms with E-state index in [-0.39, 0.29) is 24.9 Å². The van der Waals surface area contributed by atoms with Crippen molar-refractivity contribution >= 4 is 18.0 Å². The first kappa shape index (κ1) is 21.6. The molecule has 4 heterocycles. The molecule has 3 aliphatic heterocycles. The highest BCUT2D eigenvalue weighted by Crippen LogP contribution is 2.23. The van der Waals surface area contributed by atoms with Gasteiger partial charge in [-0.3, -0.25) is 33.9 Å². The monoisotopic (exact) mass is 439 g/mol. The Bertz CT molecular complexity index is 827. The van der Waals surface area contributed by atoms with Gasteiger partial charge in [-0.2, -0.15) is 0 Å². The number of aromatic amines is 1. The van der Waals surface area contributed by atoms with Crippen molar-refractivity contribution in [1.29, 1.82) is 0 Å². The van der Waals surface area contributed by atoms with Crippen LogP contribution in [0, 0.1) is 0 Å². The topological polar surface area (TPSA) is 139 Å². The summed E-state index contributed by atoms with van der Waals surface area (Å²) in [6.07, 6.45) is -0.607. The second-order valence-corrected chi connectivity index (χ2v) is 8.16. The van der Waals surface area contributed by atoms with Crippen molar-refractivity contribution in [2.24, 2.45) is 0 Å². The Balaban J connectivity index is 1.22. The number of piperazine rings is 2. The molecule has 31 heavy (non-hydrogen) atoms. The van der Waals surface area contributed by atoms with E-state index < -0.39 is 11.7 Å². The summed E-state index contributed by atoms with van der Waals surface area (Å²) in [6.45, 7) is 9.02. The van der Waals surface area contributed by atoms with Crippen molar-refractivity contribution in [3.05, 3.63) is 10.6 Å². The van der Waals surface area contributed by atoms with Gasteiger partial charge in [0, 0.05) is 65.4 Å². The average molecular weight is 439 g/mol. The number of H-pyrrole nitrogens is 1. The molecular weight excluding hydrogens is 410 g/mol. The fourth-order valence-electron chi connectivity index (χ4n) is 4.42. The summed E-state index contributed by atoms with van der Waals surface area (Å²) < 4.78 is 10.2. The van der Waals surface area contributed by atoms with Gasteiger partial charge in [-0.05, 0) is 12.1 Å². The number of nitrogens with zero attached hydrogens (tertiary/aromatic N) is 6. The third-order valence-corrected chi connectivity index (χ3v) is 6.24. The molecule has 0 aromatic carbocycles. The highest BCUT2D eigenvalue weighted by Gasteiger charge is 2.42. The van der Waals surface area contributed by atoms with Gasteiger partial charge >= 0.3 is 17.8 Å². The highest BCUT2D eigenvalue weighted by atomic mass is 16.6. The number of carbonyl (C=O) groups is 2. The zero-order valence-corrected chi connectivity index (χ0v) is 17.6. The molecule has 0 aliphatic carbocycles. The van der Waals surface area contributed by atoms with Gasteiger partial charge in [0.15, 0.2) is 6.23 Å². The Hall–Kier alpha value is -2.64. The quantitative estimate of drug-likeness (QED) is 0.505. The van der Waals surface area contributed by atoms with Crippen molar-refractivity contribution < 1.29 is 24.0 Å². The van der Waals surface area contributed by atoms with E-state index in [0.29, 0.717) is 51.8 Å². The molecule has 3 aliphatic rings. The molecule has 13 nitrogen and oxygen atoms in total. The highest BCUT2D eigenvalue weighted by molar-refractivity contribution is 5.70. The second-order valence-electron chi connectivity index (χ2n) is 8.16. The van der Waals surface area contributed by atoms with Gasteiger partial charge in [0.2, 0.25) is 5.95 Å². The van der Waals surface area contributed by atoms with Crippen LogP contribution in [0.15, 0.2) is 9.32 Å². The Labute approximate surface area is 179 Å². The lowest BCUT2D eigenvalue weighted by Gasteiger charge is -2.38. The SMILES string of the molecule is CC1C(N2CCN(CC(=O)O)CC2)OC(=O)N1CCN1CCN(c2noc(=O)[nH]2)CC1. The van der Waals surface area contributed by atoms with Crippen LogP contribution < -0.4 is 10.7 Å². The van der Waals surface area contributed by atoms with Crippen LogP contribution in [-0.2, 0) is 9.53 Å².